The molecule has 0 amide bonds. The van der Waals surface area contributed by atoms with Crippen LogP contribution in [0.3, 0.4) is 0 Å². The summed E-state index contributed by atoms with van der Waals surface area (Å²) in [6.07, 6.45) is 1.29. The molecule has 2 aromatic carbocycles. The third-order valence-electron chi connectivity index (χ3n) is 3.91. The summed E-state index contributed by atoms with van der Waals surface area (Å²) in [6.45, 7) is 0.473. The van der Waals surface area contributed by atoms with Crippen LogP contribution >= 0.6 is 0 Å². The molecular weight excluding hydrogens is 264 g/mol. The Morgan fingerprint density at radius 1 is 1.19 bits per heavy atom. The molecule has 1 heterocycles. The number of carbonyl (C=O) groups is 1. The van der Waals surface area contributed by atoms with Crippen molar-refractivity contribution in [1.29, 1.82) is 0 Å². The number of ketones is 1. The van der Waals surface area contributed by atoms with Crippen molar-refractivity contribution in [3.8, 4) is 11.5 Å². The molecule has 0 radical (unpaired) electrons. The van der Waals surface area contributed by atoms with Gasteiger partial charge in [-0.2, -0.15) is 0 Å². The van der Waals surface area contributed by atoms with Gasteiger partial charge < -0.3 is 9.47 Å². The quantitative estimate of drug-likeness (QED) is 0.843. The number of benzene rings is 2. The molecule has 3 heteroatoms. The van der Waals surface area contributed by atoms with Crippen LogP contribution in [0.15, 0.2) is 48.5 Å². The van der Waals surface area contributed by atoms with Crippen LogP contribution in [-0.2, 0) is 11.2 Å². The fraction of sp³-hybridized carbons (Fsp3) is 0.278. The number of fused-ring (bicyclic) bond motifs is 1. The molecule has 0 bridgehead atoms. The molecule has 3 nitrogen and oxygen atoms in total. The maximum Gasteiger partial charge on any atom is 0.144 e. The Kier molecular flexibility index (Phi) is 3.91. The van der Waals surface area contributed by atoms with Gasteiger partial charge in [0, 0.05) is 12.0 Å². The van der Waals surface area contributed by atoms with Crippen molar-refractivity contribution >= 4 is 5.78 Å². The summed E-state index contributed by atoms with van der Waals surface area (Å²) in [5.74, 6) is 1.82. The van der Waals surface area contributed by atoms with E-state index in [2.05, 4.69) is 0 Å². The zero-order chi connectivity index (χ0) is 14.7. The summed E-state index contributed by atoms with van der Waals surface area (Å²) in [4.78, 5) is 12.4. The molecule has 1 aliphatic rings. The molecule has 1 atom stereocenters. The Morgan fingerprint density at radius 2 is 1.95 bits per heavy atom. The van der Waals surface area contributed by atoms with Crippen LogP contribution in [0.25, 0.3) is 0 Å². The van der Waals surface area contributed by atoms with E-state index in [-0.39, 0.29) is 11.7 Å². The number of rotatable bonds is 5. The molecule has 1 aliphatic heterocycles. The molecule has 3 rings (SSSR count). The number of methoxy groups -OCH3 is 1. The Labute approximate surface area is 124 Å². The van der Waals surface area contributed by atoms with Crippen LogP contribution < -0.4 is 9.47 Å². The van der Waals surface area contributed by atoms with Crippen LogP contribution in [-0.4, -0.2) is 19.5 Å². The van der Waals surface area contributed by atoms with E-state index in [0.717, 1.165) is 29.0 Å². The van der Waals surface area contributed by atoms with Crippen molar-refractivity contribution < 1.29 is 14.3 Å². The molecule has 0 N–H and O–H groups in total. The number of carbonyl (C=O) groups excluding carboxylic acids is 1. The zero-order valence-electron chi connectivity index (χ0n) is 12.0. The fourth-order valence-corrected chi connectivity index (χ4v) is 2.66. The average molecular weight is 282 g/mol. The maximum atomic E-state index is 12.4. The molecule has 2 aromatic rings. The fourth-order valence-electron chi connectivity index (χ4n) is 2.66. The number of hydrogen-bond donors (Lipinski definition) is 0. The van der Waals surface area contributed by atoms with E-state index in [1.54, 1.807) is 7.11 Å². The third-order valence-corrected chi connectivity index (χ3v) is 3.91. The van der Waals surface area contributed by atoms with Crippen molar-refractivity contribution in [3.05, 3.63) is 59.7 Å². The van der Waals surface area contributed by atoms with Gasteiger partial charge in [0.2, 0.25) is 0 Å². The highest BCUT2D eigenvalue weighted by molar-refractivity contribution is 5.87. The minimum Gasteiger partial charge on any atom is -0.497 e. The standard InChI is InChI=1S/C18H18O3/c1-20-14-9-6-13(7-10-14)8-11-17(19)16-12-21-18-5-3-2-4-15(16)18/h2-7,9-10,16H,8,11-12H2,1H3. The van der Waals surface area contributed by atoms with Gasteiger partial charge in [0.05, 0.1) is 13.0 Å². The Morgan fingerprint density at radius 3 is 2.71 bits per heavy atom. The van der Waals surface area contributed by atoms with Gasteiger partial charge in [0.15, 0.2) is 0 Å². The van der Waals surface area contributed by atoms with Crippen molar-refractivity contribution in [2.45, 2.75) is 18.8 Å². The van der Waals surface area contributed by atoms with Gasteiger partial charge in [-0.15, -0.1) is 0 Å². The summed E-state index contributed by atoms with van der Waals surface area (Å²) < 4.78 is 10.7. The molecule has 0 aliphatic carbocycles. The molecule has 1 unspecified atom stereocenters. The number of para-hydroxylation sites is 1. The first kappa shape index (κ1) is 13.7. The lowest BCUT2D eigenvalue weighted by molar-refractivity contribution is -0.120. The van der Waals surface area contributed by atoms with E-state index in [1.165, 1.54) is 0 Å². The van der Waals surface area contributed by atoms with Crippen molar-refractivity contribution in [2.75, 3.05) is 13.7 Å². The molecule has 0 aromatic heterocycles. The molecule has 0 spiro atoms. The summed E-state index contributed by atoms with van der Waals surface area (Å²) >= 11 is 0. The number of hydrogen-bond acceptors (Lipinski definition) is 3. The van der Waals surface area contributed by atoms with Crippen LogP contribution in [0.5, 0.6) is 11.5 Å². The first-order valence-corrected chi connectivity index (χ1v) is 7.15. The van der Waals surface area contributed by atoms with E-state index >= 15 is 0 Å². The van der Waals surface area contributed by atoms with Crippen molar-refractivity contribution in [2.24, 2.45) is 0 Å². The highest BCUT2D eigenvalue weighted by Gasteiger charge is 2.29. The second kappa shape index (κ2) is 6.00. The topological polar surface area (TPSA) is 35.5 Å². The highest BCUT2D eigenvalue weighted by Crippen LogP contribution is 2.34. The predicted octanol–water partition coefficient (Wildman–Crippen LogP) is 3.37. The lowest BCUT2D eigenvalue weighted by Gasteiger charge is -2.08. The lowest BCUT2D eigenvalue weighted by Crippen LogP contribution is -2.14. The molecule has 0 saturated heterocycles. The maximum absolute atomic E-state index is 12.4. The Bertz CT molecular complexity index is 631. The van der Waals surface area contributed by atoms with Gasteiger partial charge in [-0.3, -0.25) is 4.79 Å². The molecule has 0 saturated carbocycles. The SMILES string of the molecule is COc1ccc(CCC(=O)C2COc3ccccc32)cc1. The highest BCUT2D eigenvalue weighted by atomic mass is 16.5. The normalized spacial score (nSPS) is 16.1. The van der Waals surface area contributed by atoms with E-state index < -0.39 is 0 Å². The second-order valence-electron chi connectivity index (χ2n) is 5.22. The zero-order valence-corrected chi connectivity index (χ0v) is 12.0. The van der Waals surface area contributed by atoms with E-state index in [1.807, 2.05) is 48.5 Å². The van der Waals surface area contributed by atoms with E-state index in [4.69, 9.17) is 9.47 Å². The largest absolute Gasteiger partial charge is 0.497 e. The number of ether oxygens (including phenoxy) is 2. The lowest BCUT2D eigenvalue weighted by atomic mass is 9.93. The van der Waals surface area contributed by atoms with Gasteiger partial charge >= 0.3 is 0 Å². The molecular formula is C18H18O3. The summed E-state index contributed by atoms with van der Waals surface area (Å²) in [6, 6.07) is 15.7. The predicted molar refractivity (Wildman–Crippen MR) is 81.0 cm³/mol. The van der Waals surface area contributed by atoms with Crippen LogP contribution in [0.4, 0.5) is 0 Å². The monoisotopic (exact) mass is 282 g/mol. The van der Waals surface area contributed by atoms with Crippen molar-refractivity contribution in [1.82, 2.24) is 0 Å². The Balaban J connectivity index is 1.62. The summed E-state index contributed by atoms with van der Waals surface area (Å²) in [7, 11) is 1.65. The van der Waals surface area contributed by atoms with Crippen LogP contribution in [0.1, 0.15) is 23.5 Å². The van der Waals surface area contributed by atoms with Gasteiger partial charge in [-0.1, -0.05) is 30.3 Å². The molecule has 21 heavy (non-hydrogen) atoms. The summed E-state index contributed by atoms with van der Waals surface area (Å²) in [5, 5.41) is 0. The van der Waals surface area contributed by atoms with Gasteiger partial charge in [-0.05, 0) is 30.2 Å². The van der Waals surface area contributed by atoms with Gasteiger partial charge in [0.25, 0.3) is 0 Å². The minimum atomic E-state index is -0.112. The van der Waals surface area contributed by atoms with Gasteiger partial charge in [0.1, 0.15) is 23.9 Å². The number of aryl methyl sites for hydroxylation is 1. The van der Waals surface area contributed by atoms with Crippen molar-refractivity contribution in [3.63, 3.8) is 0 Å². The number of Topliss-reactive ketones (excluding diaryl/α,β-unsaturated/α-hetero) is 1. The smallest absolute Gasteiger partial charge is 0.144 e. The van der Waals surface area contributed by atoms with Crippen LogP contribution in [0.2, 0.25) is 0 Å². The Hall–Kier alpha value is -2.29. The average Bonchev–Trinajstić information content (AvgIpc) is 2.97. The molecule has 0 fully saturated rings. The summed E-state index contributed by atoms with van der Waals surface area (Å²) in [5.41, 5.74) is 2.17. The van der Waals surface area contributed by atoms with E-state index in [0.29, 0.717) is 13.0 Å². The second-order valence-corrected chi connectivity index (χ2v) is 5.22. The first-order valence-electron chi connectivity index (χ1n) is 7.15. The van der Waals surface area contributed by atoms with Crippen LogP contribution in [0, 0.1) is 0 Å². The molecule has 108 valence electrons. The minimum absolute atomic E-state index is 0.112. The first-order chi connectivity index (χ1) is 10.3. The van der Waals surface area contributed by atoms with Gasteiger partial charge in [-0.25, -0.2) is 0 Å². The third kappa shape index (κ3) is 2.92. The van der Waals surface area contributed by atoms with E-state index in [9.17, 15) is 4.79 Å².